The Morgan fingerprint density at radius 2 is 2.04 bits per heavy atom. The van der Waals surface area contributed by atoms with E-state index in [1.807, 2.05) is 30.3 Å². The third-order valence-corrected chi connectivity index (χ3v) is 3.29. The van der Waals surface area contributed by atoms with Crippen LogP contribution in [0.15, 0.2) is 57.5 Å². The fourth-order valence-corrected chi connectivity index (χ4v) is 2.05. The van der Waals surface area contributed by atoms with Crippen LogP contribution in [0.25, 0.3) is 17.5 Å². The lowest BCUT2D eigenvalue weighted by Gasteiger charge is -2.06. The van der Waals surface area contributed by atoms with Crippen molar-refractivity contribution in [1.82, 2.24) is 10.1 Å². The average Bonchev–Trinajstić information content (AvgIpc) is 3.30. The van der Waals surface area contributed by atoms with Gasteiger partial charge in [0.1, 0.15) is 10.7 Å². The van der Waals surface area contributed by atoms with Gasteiger partial charge in [-0.05, 0) is 19.1 Å². The first kappa shape index (κ1) is 17.1. The number of esters is 1. The van der Waals surface area contributed by atoms with Crippen molar-refractivity contribution in [2.45, 2.75) is 13.0 Å². The van der Waals surface area contributed by atoms with E-state index in [1.165, 1.54) is 18.2 Å². The minimum atomic E-state index is -0.761. The van der Waals surface area contributed by atoms with E-state index in [4.69, 9.17) is 13.7 Å². The number of furan rings is 1. The zero-order valence-electron chi connectivity index (χ0n) is 13.6. The van der Waals surface area contributed by atoms with E-state index in [-0.39, 0.29) is 11.7 Å². The summed E-state index contributed by atoms with van der Waals surface area (Å²) in [7, 11) is 0. The molecule has 9 heteroatoms. The third-order valence-electron chi connectivity index (χ3n) is 3.29. The highest BCUT2D eigenvalue weighted by molar-refractivity contribution is 5.86. The lowest BCUT2D eigenvalue weighted by molar-refractivity contribution is -0.402. The van der Waals surface area contributed by atoms with Crippen molar-refractivity contribution in [3.63, 3.8) is 0 Å². The first-order valence-electron chi connectivity index (χ1n) is 7.55. The van der Waals surface area contributed by atoms with E-state index in [0.717, 1.165) is 11.6 Å². The van der Waals surface area contributed by atoms with Crippen molar-refractivity contribution in [3.8, 4) is 11.4 Å². The Kier molecular flexibility index (Phi) is 4.88. The van der Waals surface area contributed by atoms with Crippen LogP contribution in [0.3, 0.4) is 0 Å². The largest absolute Gasteiger partial charge is 0.449 e. The van der Waals surface area contributed by atoms with Gasteiger partial charge < -0.3 is 13.7 Å². The molecule has 3 rings (SSSR count). The van der Waals surface area contributed by atoms with Gasteiger partial charge in [0.15, 0.2) is 6.10 Å². The number of rotatable bonds is 6. The molecular weight excluding hydrogens is 342 g/mol. The predicted molar refractivity (Wildman–Crippen MR) is 88.6 cm³/mol. The van der Waals surface area contributed by atoms with Gasteiger partial charge in [-0.3, -0.25) is 10.1 Å². The molecule has 2 heterocycles. The maximum absolute atomic E-state index is 11.8. The molecule has 0 bridgehead atoms. The molecule has 9 nitrogen and oxygen atoms in total. The molecule has 0 radical (unpaired) electrons. The summed E-state index contributed by atoms with van der Waals surface area (Å²) >= 11 is 0. The topological polar surface area (TPSA) is 122 Å². The van der Waals surface area contributed by atoms with E-state index in [0.29, 0.717) is 5.82 Å². The third kappa shape index (κ3) is 4.01. The van der Waals surface area contributed by atoms with Crippen molar-refractivity contribution >= 4 is 17.9 Å². The molecule has 0 N–H and O–H groups in total. The Labute approximate surface area is 147 Å². The van der Waals surface area contributed by atoms with Crippen molar-refractivity contribution in [2.24, 2.45) is 0 Å². The number of carbonyl (C=O) groups excluding carboxylic acids is 1. The molecular formula is C17H13N3O6. The molecule has 132 valence electrons. The molecule has 0 fully saturated rings. The maximum atomic E-state index is 11.8. The van der Waals surface area contributed by atoms with Crippen molar-refractivity contribution < 1.29 is 23.4 Å². The normalized spacial score (nSPS) is 12.2. The van der Waals surface area contributed by atoms with Crippen LogP contribution in [-0.4, -0.2) is 21.0 Å². The van der Waals surface area contributed by atoms with Gasteiger partial charge in [-0.1, -0.05) is 35.5 Å². The number of nitro groups is 1. The van der Waals surface area contributed by atoms with Crippen LogP contribution >= 0.6 is 0 Å². The Hall–Kier alpha value is -3.75. The highest BCUT2D eigenvalue weighted by atomic mass is 16.6. The van der Waals surface area contributed by atoms with Gasteiger partial charge in [-0.25, -0.2) is 4.79 Å². The van der Waals surface area contributed by atoms with Crippen LogP contribution in [0, 0.1) is 10.1 Å². The molecule has 0 spiro atoms. The second kappa shape index (κ2) is 7.43. The molecule has 3 aromatic rings. The van der Waals surface area contributed by atoms with Crippen molar-refractivity contribution in [1.29, 1.82) is 0 Å². The second-order valence-corrected chi connectivity index (χ2v) is 5.17. The van der Waals surface area contributed by atoms with Crippen LogP contribution in [0.2, 0.25) is 0 Å². The Morgan fingerprint density at radius 3 is 2.73 bits per heavy atom. The monoisotopic (exact) mass is 355 g/mol. The first-order valence-corrected chi connectivity index (χ1v) is 7.55. The Bertz CT molecular complexity index is 944. The molecule has 0 saturated heterocycles. The maximum Gasteiger partial charge on any atom is 0.433 e. The lowest BCUT2D eigenvalue weighted by Crippen LogP contribution is -2.06. The van der Waals surface area contributed by atoms with Crippen LogP contribution in [0.1, 0.15) is 24.7 Å². The number of hydrogen-bond donors (Lipinski definition) is 0. The summed E-state index contributed by atoms with van der Waals surface area (Å²) in [5.41, 5.74) is 0.778. The summed E-state index contributed by atoms with van der Waals surface area (Å²) in [5, 5.41) is 14.4. The molecule has 1 aromatic carbocycles. The van der Waals surface area contributed by atoms with Crippen LogP contribution in [-0.2, 0) is 9.53 Å². The standard InChI is InChI=1S/C17H13N3O6/c1-11(17-18-16(19-26-17)12-5-3-2-4-6-12)24-15(21)10-8-13-7-9-14(25-13)20(22)23/h2-11H,1H3/b10-8+/t11-/m0/s1. The number of ether oxygens (including phenoxy) is 1. The molecule has 1 atom stereocenters. The average molecular weight is 355 g/mol. The summed E-state index contributed by atoms with van der Waals surface area (Å²) < 4.78 is 15.2. The first-order chi connectivity index (χ1) is 12.5. The van der Waals surface area contributed by atoms with Gasteiger partial charge >= 0.3 is 11.9 Å². The molecule has 0 aliphatic heterocycles. The number of aromatic nitrogens is 2. The Balaban J connectivity index is 1.61. The van der Waals surface area contributed by atoms with Gasteiger partial charge in [0.25, 0.3) is 5.89 Å². The SMILES string of the molecule is C[C@H](OC(=O)/C=C/c1ccc([N+](=O)[O-])o1)c1nc(-c2ccccc2)no1. The highest BCUT2D eigenvalue weighted by Gasteiger charge is 2.18. The number of nitrogens with zero attached hydrogens (tertiary/aromatic N) is 3. The van der Waals surface area contributed by atoms with Crippen LogP contribution in [0.4, 0.5) is 5.88 Å². The summed E-state index contributed by atoms with van der Waals surface area (Å²) in [6, 6.07) is 11.8. The zero-order valence-corrected chi connectivity index (χ0v) is 13.6. The Morgan fingerprint density at radius 1 is 1.27 bits per heavy atom. The van der Waals surface area contributed by atoms with Gasteiger partial charge in [-0.2, -0.15) is 4.98 Å². The molecule has 0 saturated carbocycles. The van der Waals surface area contributed by atoms with Crippen molar-refractivity contribution in [3.05, 3.63) is 70.3 Å². The fourth-order valence-electron chi connectivity index (χ4n) is 2.05. The van der Waals surface area contributed by atoms with E-state index in [2.05, 4.69) is 10.1 Å². The molecule has 0 aliphatic rings. The van der Waals surface area contributed by atoms with Crippen LogP contribution in [0.5, 0.6) is 0 Å². The summed E-state index contributed by atoms with van der Waals surface area (Å²) in [5.74, 6) is -0.395. The van der Waals surface area contributed by atoms with E-state index < -0.39 is 22.9 Å². The quantitative estimate of drug-likeness (QED) is 0.285. The molecule has 2 aromatic heterocycles. The summed E-state index contributed by atoms with van der Waals surface area (Å²) in [4.78, 5) is 25.9. The summed E-state index contributed by atoms with van der Waals surface area (Å²) in [6.45, 7) is 1.59. The van der Waals surface area contributed by atoms with Crippen LogP contribution < -0.4 is 0 Å². The number of hydrogen-bond acceptors (Lipinski definition) is 8. The minimum absolute atomic E-state index is 0.152. The van der Waals surface area contributed by atoms with E-state index in [9.17, 15) is 14.9 Å². The fraction of sp³-hybridized carbons (Fsp3) is 0.118. The minimum Gasteiger partial charge on any atom is -0.449 e. The highest BCUT2D eigenvalue weighted by Crippen LogP contribution is 2.21. The van der Waals surface area contributed by atoms with Crippen molar-refractivity contribution in [2.75, 3.05) is 0 Å². The van der Waals surface area contributed by atoms with Gasteiger partial charge in [-0.15, -0.1) is 0 Å². The number of carbonyl (C=O) groups is 1. The zero-order chi connectivity index (χ0) is 18.5. The second-order valence-electron chi connectivity index (χ2n) is 5.17. The van der Waals surface area contributed by atoms with E-state index >= 15 is 0 Å². The van der Waals surface area contributed by atoms with Gasteiger partial charge in [0, 0.05) is 11.6 Å². The predicted octanol–water partition coefficient (Wildman–Crippen LogP) is 3.56. The summed E-state index contributed by atoms with van der Waals surface area (Å²) in [6.07, 6.45) is 1.60. The molecule has 26 heavy (non-hydrogen) atoms. The molecule has 0 amide bonds. The molecule has 0 unspecified atom stereocenters. The molecule has 0 aliphatic carbocycles. The van der Waals surface area contributed by atoms with E-state index in [1.54, 1.807) is 6.92 Å². The van der Waals surface area contributed by atoms with Gasteiger partial charge in [0.2, 0.25) is 5.82 Å². The smallest absolute Gasteiger partial charge is 0.433 e. The van der Waals surface area contributed by atoms with Gasteiger partial charge in [0.05, 0.1) is 6.07 Å². The number of benzene rings is 1. The lowest BCUT2D eigenvalue weighted by atomic mass is 10.2.